The molecule has 0 amide bonds. The summed E-state index contributed by atoms with van der Waals surface area (Å²) in [5.41, 5.74) is 1.53. The Kier molecular flexibility index (Phi) is 4.46. The van der Waals surface area contributed by atoms with Gasteiger partial charge >= 0.3 is 0 Å². The fourth-order valence-corrected chi connectivity index (χ4v) is 2.95. The number of aliphatic hydroxyl groups is 1. The molecule has 1 heterocycles. The number of hydrogen-bond donors (Lipinski definition) is 1. The Hall–Kier alpha value is -2.51. The molecular weight excluding hydrogens is 326 g/mol. The van der Waals surface area contributed by atoms with Crippen LogP contribution in [0.15, 0.2) is 65.8 Å². The summed E-state index contributed by atoms with van der Waals surface area (Å²) in [6, 6.07) is 15.8. The molecule has 7 heteroatoms. The predicted octanol–water partition coefficient (Wildman–Crippen LogP) is 2.08. The van der Waals surface area contributed by atoms with Crippen molar-refractivity contribution in [2.24, 2.45) is 0 Å². The fraction of sp³-hybridized carbons (Fsp3) is 0.176. The molecule has 3 aromatic rings. The zero-order valence-electron chi connectivity index (χ0n) is 13.1. The van der Waals surface area contributed by atoms with Crippen LogP contribution in [-0.4, -0.2) is 34.5 Å². The number of aliphatic hydroxyl groups excluding tert-OH is 1. The molecule has 0 aliphatic heterocycles. The quantitative estimate of drug-likeness (QED) is 0.767. The number of sulfone groups is 1. The lowest BCUT2D eigenvalue weighted by Gasteiger charge is -2.11. The van der Waals surface area contributed by atoms with E-state index in [-0.39, 0.29) is 11.4 Å². The second-order valence-corrected chi connectivity index (χ2v) is 7.53. The monoisotopic (exact) mass is 343 g/mol. The molecule has 0 spiro atoms. The molecule has 1 N–H and O–H groups in total. The van der Waals surface area contributed by atoms with Crippen LogP contribution in [0.5, 0.6) is 0 Å². The first-order chi connectivity index (χ1) is 11.4. The third-order valence-corrected chi connectivity index (χ3v) is 4.75. The number of benzene rings is 2. The number of hydrogen-bond acceptors (Lipinski definition) is 5. The van der Waals surface area contributed by atoms with Crippen molar-refractivity contribution in [3.05, 3.63) is 66.5 Å². The number of aromatic nitrogens is 3. The third kappa shape index (κ3) is 3.69. The van der Waals surface area contributed by atoms with E-state index in [1.165, 1.54) is 12.1 Å². The van der Waals surface area contributed by atoms with Crippen LogP contribution >= 0.6 is 0 Å². The normalized spacial score (nSPS) is 12.9. The first-order valence-corrected chi connectivity index (χ1v) is 9.25. The van der Waals surface area contributed by atoms with Crippen molar-refractivity contribution in [2.45, 2.75) is 17.5 Å². The van der Waals surface area contributed by atoms with Crippen molar-refractivity contribution in [1.29, 1.82) is 0 Å². The van der Waals surface area contributed by atoms with E-state index in [0.29, 0.717) is 11.4 Å². The highest BCUT2D eigenvalue weighted by Gasteiger charge is 2.13. The van der Waals surface area contributed by atoms with Crippen molar-refractivity contribution >= 4 is 9.84 Å². The largest absolute Gasteiger partial charge is 0.386 e. The molecule has 0 fully saturated rings. The maximum Gasteiger partial charge on any atom is 0.181 e. The topological polar surface area (TPSA) is 85.1 Å². The molecule has 124 valence electrons. The van der Waals surface area contributed by atoms with Gasteiger partial charge in [0.2, 0.25) is 0 Å². The SMILES string of the molecule is CS(=O)(=O)c1ccc(C(O)Cn2cnc(-c3ccccc3)n2)cc1. The maximum atomic E-state index is 11.5. The highest BCUT2D eigenvalue weighted by Crippen LogP contribution is 2.19. The van der Waals surface area contributed by atoms with Crippen molar-refractivity contribution in [1.82, 2.24) is 14.8 Å². The van der Waals surface area contributed by atoms with Crippen LogP contribution in [0.25, 0.3) is 11.4 Å². The molecule has 0 bridgehead atoms. The van der Waals surface area contributed by atoms with E-state index in [0.717, 1.165) is 11.8 Å². The molecule has 0 aliphatic rings. The summed E-state index contributed by atoms with van der Waals surface area (Å²) in [6.07, 6.45) is 1.92. The zero-order valence-corrected chi connectivity index (χ0v) is 13.9. The number of rotatable bonds is 5. The van der Waals surface area contributed by atoms with E-state index >= 15 is 0 Å². The molecule has 0 saturated heterocycles. The van der Waals surface area contributed by atoms with Gasteiger partial charge in [-0.15, -0.1) is 0 Å². The second kappa shape index (κ2) is 6.54. The van der Waals surface area contributed by atoms with Crippen molar-refractivity contribution < 1.29 is 13.5 Å². The molecule has 3 rings (SSSR count). The van der Waals surface area contributed by atoms with Gasteiger partial charge in [-0.05, 0) is 17.7 Å². The summed E-state index contributed by atoms with van der Waals surface area (Å²) in [5.74, 6) is 0.593. The van der Waals surface area contributed by atoms with Gasteiger partial charge < -0.3 is 5.11 Å². The Morgan fingerprint density at radius 2 is 1.75 bits per heavy atom. The Morgan fingerprint density at radius 1 is 1.08 bits per heavy atom. The van der Waals surface area contributed by atoms with Crippen LogP contribution in [0.3, 0.4) is 0 Å². The van der Waals surface area contributed by atoms with Gasteiger partial charge in [-0.25, -0.2) is 18.1 Å². The molecule has 1 unspecified atom stereocenters. The first-order valence-electron chi connectivity index (χ1n) is 7.36. The predicted molar refractivity (Wildman–Crippen MR) is 90.0 cm³/mol. The van der Waals surface area contributed by atoms with Gasteiger partial charge in [0.1, 0.15) is 6.33 Å². The minimum Gasteiger partial charge on any atom is -0.386 e. The summed E-state index contributed by atoms with van der Waals surface area (Å²) < 4.78 is 24.5. The van der Waals surface area contributed by atoms with Gasteiger partial charge in [0.25, 0.3) is 0 Å². The lowest BCUT2D eigenvalue weighted by atomic mass is 10.1. The maximum absolute atomic E-state index is 11.5. The van der Waals surface area contributed by atoms with E-state index in [9.17, 15) is 13.5 Å². The average Bonchev–Trinajstić information content (AvgIpc) is 3.03. The molecule has 6 nitrogen and oxygen atoms in total. The Labute approximate surface area is 140 Å². The molecule has 0 radical (unpaired) electrons. The molecular formula is C17H17N3O3S. The van der Waals surface area contributed by atoms with Crippen molar-refractivity contribution in [3.63, 3.8) is 0 Å². The summed E-state index contributed by atoms with van der Waals surface area (Å²) in [6.45, 7) is 0.234. The van der Waals surface area contributed by atoms with E-state index in [1.54, 1.807) is 23.1 Å². The smallest absolute Gasteiger partial charge is 0.181 e. The van der Waals surface area contributed by atoms with Gasteiger partial charge in [0.15, 0.2) is 15.7 Å². The Bertz CT molecular complexity index is 919. The summed E-state index contributed by atoms with van der Waals surface area (Å²) >= 11 is 0. The number of nitrogens with zero attached hydrogens (tertiary/aromatic N) is 3. The van der Waals surface area contributed by atoms with Crippen LogP contribution in [-0.2, 0) is 16.4 Å². The molecule has 24 heavy (non-hydrogen) atoms. The molecule has 0 saturated carbocycles. The van der Waals surface area contributed by atoms with Crippen LogP contribution in [0.1, 0.15) is 11.7 Å². The van der Waals surface area contributed by atoms with Gasteiger partial charge in [-0.2, -0.15) is 5.10 Å². The van der Waals surface area contributed by atoms with Gasteiger partial charge in [0.05, 0.1) is 17.5 Å². The summed E-state index contributed by atoms with van der Waals surface area (Å²) in [7, 11) is -3.24. The minimum absolute atomic E-state index is 0.227. The highest BCUT2D eigenvalue weighted by atomic mass is 32.2. The Morgan fingerprint density at radius 3 is 2.38 bits per heavy atom. The van der Waals surface area contributed by atoms with E-state index < -0.39 is 15.9 Å². The second-order valence-electron chi connectivity index (χ2n) is 5.51. The van der Waals surface area contributed by atoms with Crippen LogP contribution in [0.2, 0.25) is 0 Å². The van der Waals surface area contributed by atoms with Crippen LogP contribution in [0.4, 0.5) is 0 Å². The van der Waals surface area contributed by atoms with Gasteiger partial charge in [-0.3, -0.25) is 0 Å². The van der Waals surface area contributed by atoms with E-state index in [2.05, 4.69) is 10.1 Å². The average molecular weight is 343 g/mol. The lowest BCUT2D eigenvalue weighted by Crippen LogP contribution is -2.09. The first kappa shape index (κ1) is 16.4. The summed E-state index contributed by atoms with van der Waals surface area (Å²) in [4.78, 5) is 4.47. The standard InChI is InChI=1S/C17H17N3O3S/c1-24(22,23)15-9-7-13(8-10-15)16(21)11-20-12-18-17(19-20)14-5-3-2-4-6-14/h2-10,12,16,21H,11H2,1H3. The van der Waals surface area contributed by atoms with Gasteiger partial charge in [-0.1, -0.05) is 42.5 Å². The summed E-state index contributed by atoms with van der Waals surface area (Å²) in [5, 5.41) is 14.7. The van der Waals surface area contributed by atoms with Crippen LogP contribution in [0, 0.1) is 0 Å². The fourth-order valence-electron chi connectivity index (χ4n) is 2.32. The highest BCUT2D eigenvalue weighted by molar-refractivity contribution is 7.90. The molecule has 1 atom stereocenters. The van der Waals surface area contributed by atoms with E-state index in [1.807, 2.05) is 30.3 Å². The van der Waals surface area contributed by atoms with Crippen molar-refractivity contribution in [2.75, 3.05) is 6.26 Å². The molecule has 2 aromatic carbocycles. The molecule has 0 aliphatic carbocycles. The minimum atomic E-state index is -3.24. The zero-order chi connectivity index (χ0) is 17.2. The van der Waals surface area contributed by atoms with Gasteiger partial charge in [0, 0.05) is 11.8 Å². The lowest BCUT2D eigenvalue weighted by molar-refractivity contribution is 0.151. The van der Waals surface area contributed by atoms with Crippen LogP contribution < -0.4 is 0 Å². The Balaban J connectivity index is 1.73. The van der Waals surface area contributed by atoms with E-state index in [4.69, 9.17) is 0 Å². The third-order valence-electron chi connectivity index (χ3n) is 3.62. The van der Waals surface area contributed by atoms with Crippen molar-refractivity contribution in [3.8, 4) is 11.4 Å². The molecule has 1 aromatic heterocycles.